The van der Waals surface area contributed by atoms with Gasteiger partial charge in [0.2, 0.25) is 0 Å². The van der Waals surface area contributed by atoms with E-state index in [1.165, 1.54) is 44.9 Å². The van der Waals surface area contributed by atoms with E-state index in [1.807, 2.05) is 13.0 Å². The number of H-pyrrole nitrogens is 1. The van der Waals surface area contributed by atoms with Crippen LogP contribution < -0.4 is 5.56 Å². The Balaban J connectivity index is 1.52. The van der Waals surface area contributed by atoms with Gasteiger partial charge in [-0.3, -0.25) is 9.69 Å². The maximum atomic E-state index is 13.1. The number of fused-ring (bicyclic) bond motifs is 1. The number of aromatic nitrogens is 5. The van der Waals surface area contributed by atoms with Crippen molar-refractivity contribution in [3.05, 3.63) is 51.6 Å². The van der Waals surface area contributed by atoms with Crippen LogP contribution in [-0.4, -0.2) is 36.1 Å². The molecule has 0 aliphatic heterocycles. The number of hydrogen-bond acceptors (Lipinski definition) is 5. The van der Waals surface area contributed by atoms with Crippen LogP contribution in [0.2, 0.25) is 0 Å². The third-order valence-corrected chi connectivity index (χ3v) is 7.84. The van der Waals surface area contributed by atoms with Crippen LogP contribution in [0.3, 0.4) is 0 Å². The zero-order chi connectivity index (χ0) is 22.8. The van der Waals surface area contributed by atoms with Gasteiger partial charge in [-0.2, -0.15) is 0 Å². The second-order valence-corrected chi connectivity index (χ2v) is 9.97. The highest BCUT2D eigenvalue weighted by atomic mass is 16.1. The molecule has 7 nitrogen and oxygen atoms in total. The Bertz CT molecular complexity index is 1140. The van der Waals surface area contributed by atoms with Crippen LogP contribution in [0.25, 0.3) is 10.9 Å². The summed E-state index contributed by atoms with van der Waals surface area (Å²) < 4.78 is 2.10. The number of pyridine rings is 1. The molecule has 0 amide bonds. The van der Waals surface area contributed by atoms with Gasteiger partial charge in [-0.25, -0.2) is 4.68 Å². The number of tetrazole rings is 1. The Morgan fingerprint density at radius 2 is 1.88 bits per heavy atom. The molecule has 1 aromatic carbocycles. The van der Waals surface area contributed by atoms with Crippen molar-refractivity contribution in [1.82, 2.24) is 30.1 Å². The fraction of sp³-hybridized carbons (Fsp3) is 0.615. The molecule has 2 heterocycles. The second kappa shape index (κ2) is 9.75. The Hall–Kier alpha value is -2.54. The predicted molar refractivity (Wildman–Crippen MR) is 130 cm³/mol. The summed E-state index contributed by atoms with van der Waals surface area (Å²) in [6.45, 7) is 4.89. The molecule has 0 radical (unpaired) electrons. The van der Waals surface area contributed by atoms with Crippen LogP contribution in [-0.2, 0) is 6.54 Å². The zero-order valence-electron chi connectivity index (χ0n) is 20.0. The van der Waals surface area contributed by atoms with Crippen molar-refractivity contribution in [2.75, 3.05) is 0 Å². The van der Waals surface area contributed by atoms with Gasteiger partial charge in [0.15, 0.2) is 5.82 Å². The van der Waals surface area contributed by atoms with Crippen LogP contribution in [0, 0.1) is 6.92 Å². The van der Waals surface area contributed by atoms with Gasteiger partial charge >= 0.3 is 0 Å². The third kappa shape index (κ3) is 4.47. The lowest BCUT2D eigenvalue weighted by molar-refractivity contribution is 0.0830. The molecule has 0 bridgehead atoms. The predicted octanol–water partition coefficient (Wildman–Crippen LogP) is 5.22. The van der Waals surface area contributed by atoms with Gasteiger partial charge in [0.05, 0.1) is 17.6 Å². The van der Waals surface area contributed by atoms with Gasteiger partial charge in [-0.05, 0) is 66.5 Å². The van der Waals surface area contributed by atoms with E-state index in [-0.39, 0.29) is 11.6 Å². The van der Waals surface area contributed by atoms with E-state index in [2.05, 4.69) is 55.2 Å². The lowest BCUT2D eigenvalue weighted by Crippen LogP contribution is -2.41. The topological polar surface area (TPSA) is 79.7 Å². The maximum absolute atomic E-state index is 13.1. The fourth-order valence-corrected chi connectivity index (χ4v) is 6.04. The van der Waals surface area contributed by atoms with Crippen molar-refractivity contribution in [1.29, 1.82) is 0 Å². The molecular weight excluding hydrogens is 412 g/mol. The molecule has 2 aromatic heterocycles. The monoisotopic (exact) mass is 448 g/mol. The van der Waals surface area contributed by atoms with Crippen LogP contribution >= 0.6 is 0 Å². The van der Waals surface area contributed by atoms with E-state index < -0.39 is 0 Å². The largest absolute Gasteiger partial charge is 0.321 e. The number of aryl methyl sites for hydroxylation is 1. The lowest BCUT2D eigenvalue weighted by atomic mass is 9.92. The van der Waals surface area contributed by atoms with Crippen molar-refractivity contribution >= 4 is 10.9 Å². The molecule has 0 unspecified atom stereocenters. The standard InChI is InChI=1S/C26H36N6O/c1-3-23(25-28-29-30-32(25)22-14-7-8-15-22)31(21-12-5-4-6-13-21)17-20-16-19-11-9-10-18(2)24(19)27-26(20)33/h9-11,16,21-23H,3-8,12-15,17H2,1-2H3,(H,27,33)/t23-/m1/s1. The van der Waals surface area contributed by atoms with Gasteiger partial charge in [-0.15, -0.1) is 5.10 Å². The second-order valence-electron chi connectivity index (χ2n) is 9.97. The number of para-hydroxylation sites is 1. The minimum Gasteiger partial charge on any atom is -0.321 e. The molecule has 2 aliphatic rings. The van der Waals surface area contributed by atoms with Crippen LogP contribution in [0.1, 0.15) is 100 Å². The first-order valence-electron chi connectivity index (χ1n) is 12.8. The Morgan fingerprint density at radius 1 is 1.12 bits per heavy atom. The van der Waals surface area contributed by atoms with E-state index in [0.29, 0.717) is 18.6 Å². The van der Waals surface area contributed by atoms with Crippen LogP contribution in [0.4, 0.5) is 0 Å². The highest BCUT2D eigenvalue weighted by Gasteiger charge is 2.33. The Kier molecular flexibility index (Phi) is 6.58. The van der Waals surface area contributed by atoms with E-state index >= 15 is 0 Å². The van der Waals surface area contributed by atoms with Crippen molar-refractivity contribution in [3.63, 3.8) is 0 Å². The molecule has 176 valence electrons. The first-order chi connectivity index (χ1) is 16.2. The third-order valence-electron chi connectivity index (χ3n) is 7.84. The molecule has 2 saturated carbocycles. The molecule has 1 N–H and O–H groups in total. The number of rotatable bonds is 7. The van der Waals surface area contributed by atoms with Gasteiger partial charge < -0.3 is 4.98 Å². The fourth-order valence-electron chi connectivity index (χ4n) is 6.04. The number of hydrogen-bond donors (Lipinski definition) is 1. The molecule has 2 aliphatic carbocycles. The summed E-state index contributed by atoms with van der Waals surface area (Å²) in [6, 6.07) is 9.24. The van der Waals surface area contributed by atoms with Crippen molar-refractivity contribution in [3.8, 4) is 0 Å². The molecule has 33 heavy (non-hydrogen) atoms. The summed E-state index contributed by atoms with van der Waals surface area (Å²) in [7, 11) is 0. The summed E-state index contributed by atoms with van der Waals surface area (Å²) >= 11 is 0. The summed E-state index contributed by atoms with van der Waals surface area (Å²) in [6.07, 6.45) is 11.9. The van der Waals surface area contributed by atoms with Crippen molar-refractivity contribution < 1.29 is 0 Å². The first kappa shape index (κ1) is 22.3. The highest BCUT2D eigenvalue weighted by molar-refractivity contribution is 5.81. The highest BCUT2D eigenvalue weighted by Crippen LogP contribution is 2.36. The minimum atomic E-state index is 0.0165. The quantitative estimate of drug-likeness (QED) is 0.536. The van der Waals surface area contributed by atoms with E-state index in [9.17, 15) is 4.79 Å². The summed E-state index contributed by atoms with van der Waals surface area (Å²) in [4.78, 5) is 18.8. The average molecular weight is 449 g/mol. The zero-order valence-corrected chi connectivity index (χ0v) is 20.0. The normalized spacial score (nSPS) is 19.0. The van der Waals surface area contributed by atoms with E-state index in [4.69, 9.17) is 0 Å². The maximum Gasteiger partial charge on any atom is 0.252 e. The van der Waals surface area contributed by atoms with Gasteiger partial charge in [-0.1, -0.05) is 57.2 Å². The van der Waals surface area contributed by atoms with Gasteiger partial charge in [0, 0.05) is 18.2 Å². The number of nitrogens with one attached hydrogen (secondary N) is 1. The molecule has 0 saturated heterocycles. The number of benzene rings is 1. The smallest absolute Gasteiger partial charge is 0.252 e. The van der Waals surface area contributed by atoms with E-state index in [1.54, 1.807) is 0 Å². The van der Waals surface area contributed by atoms with Gasteiger partial charge in [0.25, 0.3) is 5.56 Å². The summed E-state index contributed by atoms with van der Waals surface area (Å²) in [5.41, 5.74) is 2.88. The molecule has 5 rings (SSSR count). The average Bonchev–Trinajstić information content (AvgIpc) is 3.53. The van der Waals surface area contributed by atoms with Gasteiger partial charge in [0.1, 0.15) is 0 Å². The van der Waals surface area contributed by atoms with Crippen LogP contribution in [0.5, 0.6) is 0 Å². The first-order valence-corrected chi connectivity index (χ1v) is 12.8. The molecule has 7 heteroatoms. The lowest BCUT2D eigenvalue weighted by Gasteiger charge is -2.39. The molecule has 2 fully saturated rings. The molecular formula is C26H36N6O. The molecule has 1 atom stereocenters. The van der Waals surface area contributed by atoms with Crippen molar-refractivity contribution in [2.24, 2.45) is 0 Å². The summed E-state index contributed by atoms with van der Waals surface area (Å²) in [5, 5.41) is 14.2. The van der Waals surface area contributed by atoms with Crippen LogP contribution in [0.15, 0.2) is 29.1 Å². The Labute approximate surface area is 195 Å². The summed E-state index contributed by atoms with van der Waals surface area (Å²) in [5.74, 6) is 0.975. The molecule has 3 aromatic rings. The number of nitrogens with zero attached hydrogens (tertiary/aromatic N) is 5. The van der Waals surface area contributed by atoms with Crippen molar-refractivity contribution in [2.45, 2.75) is 103 Å². The van der Waals surface area contributed by atoms with E-state index in [0.717, 1.165) is 47.1 Å². The molecule has 0 spiro atoms. The Morgan fingerprint density at radius 3 is 2.64 bits per heavy atom. The SMILES string of the molecule is CC[C@H](c1nnnn1C1CCCC1)N(Cc1cc2cccc(C)c2[nH]c1=O)C1CCCCC1. The number of aromatic amines is 1. The minimum absolute atomic E-state index is 0.0165.